The Balaban J connectivity index is 3.27. The Kier molecular flexibility index (Phi) is 6.24. The van der Waals surface area contributed by atoms with Crippen molar-refractivity contribution in [3.05, 3.63) is 28.3 Å². The molecule has 6 nitrogen and oxygen atoms in total. The van der Waals surface area contributed by atoms with E-state index in [2.05, 4.69) is 19.2 Å². The average molecular weight is 281 g/mol. The summed E-state index contributed by atoms with van der Waals surface area (Å²) in [6.45, 7) is 5.29. The number of hydrogen-bond donors (Lipinski definition) is 1. The first kappa shape index (κ1) is 16.2. The number of benzene rings is 1. The van der Waals surface area contributed by atoms with Crippen molar-refractivity contribution >= 4 is 17.1 Å². The molecule has 0 aliphatic heterocycles. The normalized spacial score (nSPS) is 12.0. The standard InChI is InChI=1S/C14H23N3O3/c1-5-11(2)16(9-10-20-4)13-8-6-7-12(15-3)14(13)17(18)19/h6-8,11,15H,5,9-10H2,1-4H3. The van der Waals surface area contributed by atoms with Crippen molar-refractivity contribution in [2.24, 2.45) is 0 Å². The highest BCUT2D eigenvalue weighted by Crippen LogP contribution is 2.36. The predicted octanol–water partition coefficient (Wildman–Crippen LogP) is 2.89. The lowest BCUT2D eigenvalue weighted by Crippen LogP contribution is -2.36. The lowest BCUT2D eigenvalue weighted by molar-refractivity contribution is -0.383. The molecule has 1 rings (SSSR count). The molecule has 0 heterocycles. The van der Waals surface area contributed by atoms with Crippen LogP contribution in [-0.4, -0.2) is 38.3 Å². The van der Waals surface area contributed by atoms with Crippen LogP contribution in [0.1, 0.15) is 20.3 Å². The molecule has 0 saturated carbocycles. The minimum absolute atomic E-state index is 0.117. The van der Waals surface area contributed by atoms with Gasteiger partial charge in [-0.1, -0.05) is 13.0 Å². The molecular formula is C14H23N3O3. The van der Waals surface area contributed by atoms with Crippen LogP contribution in [0.5, 0.6) is 0 Å². The van der Waals surface area contributed by atoms with Gasteiger partial charge in [0.25, 0.3) is 0 Å². The molecule has 0 saturated heterocycles. The number of nitro groups is 1. The summed E-state index contributed by atoms with van der Waals surface area (Å²) < 4.78 is 5.12. The van der Waals surface area contributed by atoms with Crippen LogP contribution in [0.4, 0.5) is 17.1 Å². The molecule has 20 heavy (non-hydrogen) atoms. The summed E-state index contributed by atoms with van der Waals surface area (Å²) in [5.74, 6) is 0. The van der Waals surface area contributed by atoms with Crippen molar-refractivity contribution in [2.45, 2.75) is 26.3 Å². The van der Waals surface area contributed by atoms with Gasteiger partial charge in [-0.05, 0) is 25.5 Å². The van der Waals surface area contributed by atoms with Gasteiger partial charge in [-0.3, -0.25) is 10.1 Å². The van der Waals surface area contributed by atoms with Crippen LogP contribution >= 0.6 is 0 Å². The first-order valence-corrected chi connectivity index (χ1v) is 6.77. The van der Waals surface area contributed by atoms with E-state index in [1.807, 2.05) is 11.0 Å². The van der Waals surface area contributed by atoms with Gasteiger partial charge in [-0.25, -0.2) is 0 Å². The van der Waals surface area contributed by atoms with Crippen LogP contribution in [0, 0.1) is 10.1 Å². The monoisotopic (exact) mass is 281 g/mol. The van der Waals surface area contributed by atoms with Crippen LogP contribution in [0.25, 0.3) is 0 Å². The zero-order valence-electron chi connectivity index (χ0n) is 12.5. The number of nitro benzene ring substituents is 1. The molecule has 0 aromatic heterocycles. The fourth-order valence-electron chi connectivity index (χ4n) is 2.14. The highest BCUT2D eigenvalue weighted by Gasteiger charge is 2.25. The summed E-state index contributed by atoms with van der Waals surface area (Å²) in [4.78, 5) is 13.1. The Bertz CT molecular complexity index is 451. The van der Waals surface area contributed by atoms with Gasteiger partial charge >= 0.3 is 5.69 Å². The van der Waals surface area contributed by atoms with Crippen molar-refractivity contribution in [1.82, 2.24) is 0 Å². The Morgan fingerprint density at radius 1 is 1.50 bits per heavy atom. The SMILES string of the molecule is CCC(C)N(CCOC)c1cccc(NC)c1[N+](=O)[O-]. The Morgan fingerprint density at radius 2 is 2.20 bits per heavy atom. The van der Waals surface area contributed by atoms with E-state index >= 15 is 0 Å². The van der Waals surface area contributed by atoms with E-state index in [4.69, 9.17) is 4.74 Å². The maximum Gasteiger partial charge on any atom is 0.315 e. The third-order valence-electron chi connectivity index (χ3n) is 3.44. The largest absolute Gasteiger partial charge is 0.383 e. The van der Waals surface area contributed by atoms with E-state index in [-0.39, 0.29) is 16.7 Å². The summed E-state index contributed by atoms with van der Waals surface area (Å²) in [5, 5.41) is 14.3. The molecule has 1 N–H and O–H groups in total. The molecule has 0 aliphatic rings. The first-order valence-electron chi connectivity index (χ1n) is 6.77. The molecule has 112 valence electrons. The lowest BCUT2D eigenvalue weighted by atomic mass is 10.1. The number of rotatable bonds is 8. The summed E-state index contributed by atoms with van der Waals surface area (Å²) in [5.41, 5.74) is 1.28. The van der Waals surface area contributed by atoms with Crippen LogP contribution in [-0.2, 0) is 4.74 Å². The Labute approximate surface area is 119 Å². The van der Waals surface area contributed by atoms with E-state index in [9.17, 15) is 10.1 Å². The second kappa shape index (κ2) is 7.69. The number of para-hydroxylation sites is 1. The topological polar surface area (TPSA) is 67.6 Å². The number of nitrogens with zero attached hydrogens (tertiary/aromatic N) is 2. The molecule has 0 bridgehead atoms. The van der Waals surface area contributed by atoms with Crippen molar-refractivity contribution in [2.75, 3.05) is 37.5 Å². The summed E-state index contributed by atoms with van der Waals surface area (Å²) in [6, 6.07) is 5.54. The van der Waals surface area contributed by atoms with Crippen LogP contribution < -0.4 is 10.2 Å². The van der Waals surface area contributed by atoms with Gasteiger partial charge < -0.3 is 15.0 Å². The van der Waals surface area contributed by atoms with E-state index in [1.54, 1.807) is 26.3 Å². The second-order valence-corrected chi connectivity index (χ2v) is 4.62. The van der Waals surface area contributed by atoms with E-state index < -0.39 is 0 Å². The van der Waals surface area contributed by atoms with E-state index in [1.165, 1.54) is 0 Å². The summed E-state index contributed by atoms with van der Waals surface area (Å²) in [6.07, 6.45) is 0.907. The molecule has 0 fully saturated rings. The lowest BCUT2D eigenvalue weighted by Gasteiger charge is -2.30. The highest BCUT2D eigenvalue weighted by atomic mass is 16.6. The number of anilines is 2. The van der Waals surface area contributed by atoms with Crippen molar-refractivity contribution in [3.8, 4) is 0 Å². The van der Waals surface area contributed by atoms with Gasteiger partial charge in [-0.15, -0.1) is 0 Å². The van der Waals surface area contributed by atoms with Crippen molar-refractivity contribution in [3.63, 3.8) is 0 Å². The van der Waals surface area contributed by atoms with Gasteiger partial charge in [0.05, 0.1) is 11.5 Å². The van der Waals surface area contributed by atoms with E-state index in [0.29, 0.717) is 24.5 Å². The fourth-order valence-corrected chi connectivity index (χ4v) is 2.14. The quantitative estimate of drug-likeness (QED) is 0.586. The Hall–Kier alpha value is -1.82. The Morgan fingerprint density at radius 3 is 2.70 bits per heavy atom. The predicted molar refractivity (Wildman–Crippen MR) is 81.6 cm³/mol. The molecular weight excluding hydrogens is 258 g/mol. The molecule has 0 amide bonds. The number of methoxy groups -OCH3 is 1. The first-order chi connectivity index (χ1) is 9.56. The van der Waals surface area contributed by atoms with Gasteiger partial charge in [0.2, 0.25) is 0 Å². The third-order valence-corrected chi connectivity index (χ3v) is 3.44. The molecule has 0 radical (unpaired) electrons. The number of hydrogen-bond acceptors (Lipinski definition) is 5. The van der Waals surface area contributed by atoms with Crippen LogP contribution in [0.15, 0.2) is 18.2 Å². The zero-order valence-corrected chi connectivity index (χ0v) is 12.5. The molecule has 6 heteroatoms. The van der Waals surface area contributed by atoms with Crippen molar-refractivity contribution in [1.29, 1.82) is 0 Å². The molecule has 1 aromatic rings. The molecule has 0 aliphatic carbocycles. The molecule has 1 unspecified atom stereocenters. The van der Waals surface area contributed by atoms with E-state index in [0.717, 1.165) is 6.42 Å². The second-order valence-electron chi connectivity index (χ2n) is 4.62. The maximum absolute atomic E-state index is 11.4. The minimum Gasteiger partial charge on any atom is -0.383 e. The van der Waals surface area contributed by atoms with Gasteiger partial charge in [0.1, 0.15) is 11.4 Å². The van der Waals surface area contributed by atoms with Gasteiger partial charge in [0, 0.05) is 26.7 Å². The maximum atomic E-state index is 11.4. The molecule has 1 atom stereocenters. The summed E-state index contributed by atoms with van der Waals surface area (Å²) >= 11 is 0. The van der Waals surface area contributed by atoms with Crippen molar-refractivity contribution < 1.29 is 9.66 Å². The van der Waals surface area contributed by atoms with Gasteiger partial charge in [0.15, 0.2) is 0 Å². The number of ether oxygens (including phenoxy) is 1. The zero-order chi connectivity index (χ0) is 15.1. The van der Waals surface area contributed by atoms with Gasteiger partial charge in [-0.2, -0.15) is 0 Å². The fraction of sp³-hybridized carbons (Fsp3) is 0.571. The molecule has 0 spiro atoms. The minimum atomic E-state index is -0.330. The smallest absolute Gasteiger partial charge is 0.315 e. The molecule has 1 aromatic carbocycles. The van der Waals surface area contributed by atoms with Crippen LogP contribution in [0.2, 0.25) is 0 Å². The number of nitrogens with one attached hydrogen (secondary N) is 1. The third kappa shape index (κ3) is 3.60. The summed E-state index contributed by atoms with van der Waals surface area (Å²) in [7, 11) is 3.32. The highest BCUT2D eigenvalue weighted by molar-refractivity contribution is 5.77. The average Bonchev–Trinajstić information content (AvgIpc) is 2.46. The van der Waals surface area contributed by atoms with Crippen LogP contribution in [0.3, 0.4) is 0 Å².